The number of sulfone groups is 1. The third-order valence-electron chi connectivity index (χ3n) is 3.23. The van der Waals surface area contributed by atoms with Gasteiger partial charge in [-0.25, -0.2) is 21.8 Å². The van der Waals surface area contributed by atoms with Crippen LogP contribution < -0.4 is 0 Å². The first-order valence-corrected chi connectivity index (χ1v) is 9.74. The molecule has 1 saturated heterocycles. The molecular formula is C11H15ClN2O4S2. The summed E-state index contributed by atoms with van der Waals surface area (Å²) in [6.07, 6.45) is 1.51. The van der Waals surface area contributed by atoms with Gasteiger partial charge in [0.05, 0.1) is 11.5 Å². The fraction of sp³-hybridized carbons (Fsp3) is 0.545. The van der Waals surface area contributed by atoms with Crippen LogP contribution in [-0.2, 0) is 19.9 Å². The van der Waals surface area contributed by atoms with Crippen LogP contribution in [0.5, 0.6) is 0 Å². The Morgan fingerprint density at radius 1 is 1.45 bits per heavy atom. The lowest BCUT2D eigenvalue weighted by Gasteiger charge is -2.25. The molecule has 0 saturated carbocycles. The van der Waals surface area contributed by atoms with E-state index in [0.717, 1.165) is 0 Å². The predicted molar refractivity (Wildman–Crippen MR) is 75.9 cm³/mol. The Morgan fingerprint density at radius 3 is 2.60 bits per heavy atom. The first kappa shape index (κ1) is 15.7. The molecule has 2 heterocycles. The smallest absolute Gasteiger partial charge is 0.243 e. The summed E-state index contributed by atoms with van der Waals surface area (Å²) in [4.78, 5) is 3.78. The van der Waals surface area contributed by atoms with Crippen molar-refractivity contribution in [3.05, 3.63) is 23.5 Å². The first-order chi connectivity index (χ1) is 9.26. The van der Waals surface area contributed by atoms with Crippen LogP contribution in [0.15, 0.2) is 23.2 Å². The highest BCUT2D eigenvalue weighted by atomic mass is 35.5. The van der Waals surface area contributed by atoms with Crippen molar-refractivity contribution in [2.24, 2.45) is 0 Å². The summed E-state index contributed by atoms with van der Waals surface area (Å²) in [7, 11) is -6.90. The number of pyridine rings is 1. The van der Waals surface area contributed by atoms with E-state index in [1.54, 1.807) is 6.92 Å². The van der Waals surface area contributed by atoms with Gasteiger partial charge >= 0.3 is 0 Å². The van der Waals surface area contributed by atoms with Gasteiger partial charge in [0, 0.05) is 18.8 Å². The molecule has 112 valence electrons. The predicted octanol–water partition coefficient (Wildman–Crippen LogP) is 0.933. The van der Waals surface area contributed by atoms with Crippen LogP contribution in [0.4, 0.5) is 0 Å². The molecule has 0 aliphatic carbocycles. The molecule has 0 bridgehead atoms. The van der Waals surface area contributed by atoms with Crippen LogP contribution in [0.3, 0.4) is 0 Å². The minimum absolute atomic E-state index is 0.0213. The fourth-order valence-electron chi connectivity index (χ4n) is 2.28. The number of sulfonamides is 1. The maximum atomic E-state index is 12.5. The number of aromatic nitrogens is 1. The monoisotopic (exact) mass is 338 g/mol. The fourth-order valence-corrected chi connectivity index (χ4v) is 5.82. The highest BCUT2D eigenvalue weighted by Gasteiger charge is 2.37. The minimum atomic E-state index is -3.75. The Balaban J connectivity index is 2.33. The Bertz CT molecular complexity index is 686. The SMILES string of the molecule is CCN(C1CCS(=O)(=O)C1)S(=O)(=O)c1ccc(Cl)nc1. The summed E-state index contributed by atoms with van der Waals surface area (Å²) >= 11 is 5.64. The average molecular weight is 339 g/mol. The normalized spacial score (nSPS) is 22.2. The number of hydrogen-bond acceptors (Lipinski definition) is 5. The molecule has 0 N–H and O–H groups in total. The maximum absolute atomic E-state index is 12.5. The molecule has 1 aliphatic heterocycles. The highest BCUT2D eigenvalue weighted by molar-refractivity contribution is 7.92. The lowest BCUT2D eigenvalue weighted by molar-refractivity contribution is 0.354. The molecule has 2 rings (SSSR count). The lowest BCUT2D eigenvalue weighted by Crippen LogP contribution is -2.40. The van der Waals surface area contributed by atoms with Crippen molar-refractivity contribution in [1.82, 2.24) is 9.29 Å². The molecule has 0 spiro atoms. The lowest BCUT2D eigenvalue weighted by atomic mass is 10.3. The second-order valence-corrected chi connectivity index (χ2v) is 9.09. The number of halogens is 1. The molecule has 1 aromatic heterocycles. The Labute approximate surface area is 123 Å². The molecule has 6 nitrogen and oxygen atoms in total. The van der Waals surface area contributed by atoms with Crippen molar-refractivity contribution in [3.63, 3.8) is 0 Å². The van der Waals surface area contributed by atoms with Crippen molar-refractivity contribution in [1.29, 1.82) is 0 Å². The van der Waals surface area contributed by atoms with Gasteiger partial charge in [-0.1, -0.05) is 18.5 Å². The zero-order valence-electron chi connectivity index (χ0n) is 10.9. The van der Waals surface area contributed by atoms with E-state index in [1.165, 1.54) is 22.6 Å². The quantitative estimate of drug-likeness (QED) is 0.762. The summed E-state index contributed by atoms with van der Waals surface area (Å²) in [5, 5.41) is 0.204. The van der Waals surface area contributed by atoms with Gasteiger partial charge in [0.25, 0.3) is 0 Å². The summed E-state index contributed by atoms with van der Waals surface area (Å²) in [6, 6.07) is 2.26. The summed E-state index contributed by atoms with van der Waals surface area (Å²) in [5.74, 6) is -0.0936. The van der Waals surface area contributed by atoms with Crippen molar-refractivity contribution < 1.29 is 16.8 Å². The number of hydrogen-bond donors (Lipinski definition) is 0. The molecule has 0 aromatic carbocycles. The van der Waals surface area contributed by atoms with Crippen LogP contribution in [0.2, 0.25) is 5.15 Å². The zero-order valence-corrected chi connectivity index (χ0v) is 13.2. The standard InChI is InChI=1S/C11H15ClN2O4S2/c1-2-14(9-5-6-19(15,16)8-9)20(17,18)10-3-4-11(12)13-7-10/h3-4,7,9H,2,5-6,8H2,1H3. The van der Waals surface area contributed by atoms with E-state index in [0.29, 0.717) is 6.42 Å². The van der Waals surface area contributed by atoms with Crippen LogP contribution >= 0.6 is 11.6 Å². The topological polar surface area (TPSA) is 84.4 Å². The van der Waals surface area contributed by atoms with Gasteiger partial charge in [0.1, 0.15) is 10.0 Å². The molecule has 20 heavy (non-hydrogen) atoms. The van der Waals surface area contributed by atoms with E-state index in [2.05, 4.69) is 4.98 Å². The van der Waals surface area contributed by atoms with E-state index in [1.807, 2.05) is 0 Å². The van der Waals surface area contributed by atoms with Crippen molar-refractivity contribution >= 4 is 31.5 Å². The van der Waals surface area contributed by atoms with E-state index in [4.69, 9.17) is 11.6 Å². The van der Waals surface area contributed by atoms with Gasteiger partial charge < -0.3 is 0 Å². The molecule has 0 amide bonds. The van der Waals surface area contributed by atoms with E-state index in [9.17, 15) is 16.8 Å². The average Bonchev–Trinajstić information content (AvgIpc) is 2.70. The third kappa shape index (κ3) is 3.13. The van der Waals surface area contributed by atoms with Crippen molar-refractivity contribution in [2.75, 3.05) is 18.1 Å². The van der Waals surface area contributed by atoms with Crippen LogP contribution in [0.25, 0.3) is 0 Å². The number of rotatable bonds is 4. The molecule has 9 heteroatoms. The molecule has 1 aromatic rings. The van der Waals surface area contributed by atoms with E-state index in [-0.39, 0.29) is 28.1 Å². The van der Waals surface area contributed by atoms with E-state index >= 15 is 0 Å². The van der Waals surface area contributed by atoms with Crippen molar-refractivity contribution in [3.8, 4) is 0 Å². The summed E-state index contributed by atoms with van der Waals surface area (Å²) in [6.45, 7) is 1.90. The molecule has 1 atom stereocenters. The Hall–Kier alpha value is -0.700. The van der Waals surface area contributed by atoms with Gasteiger partial charge in [0.2, 0.25) is 10.0 Å². The van der Waals surface area contributed by atoms with Gasteiger partial charge in [-0.05, 0) is 18.6 Å². The van der Waals surface area contributed by atoms with E-state index < -0.39 is 25.9 Å². The number of nitrogens with zero attached hydrogens (tertiary/aromatic N) is 2. The van der Waals surface area contributed by atoms with Crippen LogP contribution in [-0.4, -0.2) is 50.2 Å². The molecule has 1 fully saturated rings. The van der Waals surface area contributed by atoms with Gasteiger partial charge in [0.15, 0.2) is 9.84 Å². The zero-order chi connectivity index (χ0) is 15.0. The largest absolute Gasteiger partial charge is 0.244 e. The Kier molecular flexibility index (Phi) is 4.38. The van der Waals surface area contributed by atoms with Crippen LogP contribution in [0.1, 0.15) is 13.3 Å². The second-order valence-electron chi connectivity index (χ2n) is 4.58. The molecule has 1 aliphatic rings. The summed E-state index contributed by atoms with van der Waals surface area (Å²) < 4.78 is 49.3. The minimum Gasteiger partial charge on any atom is -0.243 e. The highest BCUT2D eigenvalue weighted by Crippen LogP contribution is 2.24. The van der Waals surface area contributed by atoms with Gasteiger partial charge in [-0.3, -0.25) is 0 Å². The van der Waals surface area contributed by atoms with Gasteiger partial charge in [-0.15, -0.1) is 0 Å². The maximum Gasteiger partial charge on any atom is 0.244 e. The Morgan fingerprint density at radius 2 is 2.15 bits per heavy atom. The molecule has 1 unspecified atom stereocenters. The third-order valence-corrected chi connectivity index (χ3v) is 7.22. The van der Waals surface area contributed by atoms with Gasteiger partial charge in [-0.2, -0.15) is 4.31 Å². The molecule has 0 radical (unpaired) electrons. The molecular weight excluding hydrogens is 324 g/mol. The van der Waals surface area contributed by atoms with Crippen molar-refractivity contribution in [2.45, 2.75) is 24.3 Å². The summed E-state index contributed by atoms with van der Waals surface area (Å²) in [5.41, 5.74) is 0. The van der Waals surface area contributed by atoms with Crippen LogP contribution in [0, 0.1) is 0 Å². The second kappa shape index (κ2) is 5.59. The first-order valence-electron chi connectivity index (χ1n) is 6.10.